The summed E-state index contributed by atoms with van der Waals surface area (Å²) in [5.74, 6) is -0.734. The molecule has 0 aromatic heterocycles. The number of rotatable bonds is 8. The summed E-state index contributed by atoms with van der Waals surface area (Å²) in [5, 5.41) is 12.9. The minimum atomic E-state index is -1.27. The molecule has 1 amide bonds. The van der Waals surface area contributed by atoms with Gasteiger partial charge in [0.25, 0.3) is 5.91 Å². The summed E-state index contributed by atoms with van der Waals surface area (Å²) < 4.78 is 25.0. The van der Waals surface area contributed by atoms with Crippen LogP contribution in [0.5, 0.6) is 11.5 Å². The molecular weight excluding hydrogens is 437 g/mol. The lowest BCUT2D eigenvalue weighted by Crippen LogP contribution is -2.56. The fraction of sp³-hybridized carbons (Fsp3) is 0.417. The highest BCUT2D eigenvalue weighted by atomic mass is 35.5. The second kappa shape index (κ2) is 10.2. The van der Waals surface area contributed by atoms with E-state index in [0.29, 0.717) is 40.8 Å². The summed E-state index contributed by atoms with van der Waals surface area (Å²) in [4.78, 5) is 24.8. The number of carboxylic acids is 1. The fourth-order valence-corrected chi connectivity index (χ4v) is 4.07. The first-order valence-corrected chi connectivity index (χ1v) is 10.9. The van der Waals surface area contributed by atoms with Crippen LogP contribution in [0.15, 0.2) is 36.4 Å². The van der Waals surface area contributed by atoms with Crippen LogP contribution in [-0.4, -0.2) is 36.2 Å². The second-order valence-electron chi connectivity index (χ2n) is 8.22. The van der Waals surface area contributed by atoms with E-state index in [1.165, 1.54) is 31.4 Å². The van der Waals surface area contributed by atoms with Gasteiger partial charge in [0, 0.05) is 17.0 Å². The first-order chi connectivity index (χ1) is 15.2. The van der Waals surface area contributed by atoms with Gasteiger partial charge in [0.15, 0.2) is 11.5 Å². The number of halogens is 2. The Morgan fingerprint density at radius 2 is 1.91 bits per heavy atom. The molecule has 172 valence electrons. The second-order valence-corrected chi connectivity index (χ2v) is 8.66. The molecule has 0 spiro atoms. The molecule has 2 aromatic rings. The number of ether oxygens (including phenoxy) is 2. The number of benzene rings is 2. The van der Waals surface area contributed by atoms with Gasteiger partial charge < -0.3 is 19.9 Å². The van der Waals surface area contributed by atoms with Crippen LogP contribution in [0.2, 0.25) is 5.02 Å². The molecule has 1 fully saturated rings. The maximum atomic E-state index is 13.9. The Kier molecular flexibility index (Phi) is 7.61. The third-order valence-corrected chi connectivity index (χ3v) is 6.19. The smallest absolute Gasteiger partial charge is 0.329 e. The van der Waals surface area contributed by atoms with Crippen LogP contribution in [-0.2, 0) is 11.2 Å². The number of carboxylic acid groups (broad SMARTS) is 1. The molecule has 32 heavy (non-hydrogen) atoms. The summed E-state index contributed by atoms with van der Waals surface area (Å²) >= 11 is 5.92. The van der Waals surface area contributed by atoms with E-state index >= 15 is 0 Å². The Morgan fingerprint density at radius 1 is 1.19 bits per heavy atom. The van der Waals surface area contributed by atoms with Crippen molar-refractivity contribution in [1.29, 1.82) is 0 Å². The summed E-state index contributed by atoms with van der Waals surface area (Å²) in [5.41, 5.74) is -0.594. The van der Waals surface area contributed by atoms with Crippen LogP contribution in [0.1, 0.15) is 48.5 Å². The molecule has 0 aliphatic heterocycles. The largest absolute Gasteiger partial charge is 0.493 e. The van der Waals surface area contributed by atoms with Crippen LogP contribution in [0.3, 0.4) is 0 Å². The highest BCUT2D eigenvalue weighted by molar-refractivity contribution is 6.30. The van der Waals surface area contributed by atoms with Crippen molar-refractivity contribution in [1.82, 2.24) is 5.32 Å². The highest BCUT2D eigenvalue weighted by Crippen LogP contribution is 2.33. The van der Waals surface area contributed by atoms with Gasteiger partial charge in [0.05, 0.1) is 13.7 Å². The summed E-state index contributed by atoms with van der Waals surface area (Å²) in [6.45, 7) is 2.21. The van der Waals surface area contributed by atoms with Crippen LogP contribution in [0.4, 0.5) is 4.39 Å². The maximum Gasteiger partial charge on any atom is 0.329 e. The zero-order valence-corrected chi connectivity index (χ0v) is 18.9. The van der Waals surface area contributed by atoms with Gasteiger partial charge >= 0.3 is 5.97 Å². The molecule has 0 heterocycles. The lowest BCUT2D eigenvalue weighted by Gasteiger charge is -2.36. The van der Waals surface area contributed by atoms with E-state index < -0.39 is 17.4 Å². The predicted octanol–water partition coefficient (Wildman–Crippen LogP) is 4.87. The first-order valence-electron chi connectivity index (χ1n) is 10.5. The van der Waals surface area contributed by atoms with Crippen LogP contribution in [0, 0.1) is 11.7 Å². The third kappa shape index (κ3) is 5.51. The standard InChI is InChI=1S/C24H27ClFNO5/c1-15-7-10-24(11-8-15,23(29)30)27-22(28)17-3-6-20(31-2)21(14-17)32-12-9-16-13-18(25)4-5-19(16)26/h3-6,13-15H,7-12H2,1-2H3,(H,27,28)(H,29,30)/t15-,24+. The molecule has 0 unspecified atom stereocenters. The summed E-state index contributed by atoms with van der Waals surface area (Å²) in [6.07, 6.45) is 2.53. The zero-order chi connectivity index (χ0) is 23.3. The quantitative estimate of drug-likeness (QED) is 0.583. The van der Waals surface area contributed by atoms with Crippen LogP contribution < -0.4 is 14.8 Å². The topological polar surface area (TPSA) is 84.9 Å². The minimum absolute atomic E-state index is 0.135. The third-order valence-electron chi connectivity index (χ3n) is 5.95. The lowest BCUT2D eigenvalue weighted by atomic mass is 9.77. The number of carbonyl (C=O) groups is 2. The molecule has 1 aliphatic rings. The zero-order valence-electron chi connectivity index (χ0n) is 18.1. The number of hydrogen-bond donors (Lipinski definition) is 2. The Morgan fingerprint density at radius 3 is 2.56 bits per heavy atom. The maximum absolute atomic E-state index is 13.9. The molecule has 8 heteroatoms. The molecule has 1 saturated carbocycles. The minimum Gasteiger partial charge on any atom is -0.493 e. The van der Waals surface area contributed by atoms with Crippen molar-refractivity contribution in [2.45, 2.75) is 44.6 Å². The van der Waals surface area contributed by atoms with Gasteiger partial charge in [-0.15, -0.1) is 0 Å². The Bertz CT molecular complexity index is 988. The summed E-state index contributed by atoms with van der Waals surface area (Å²) in [6, 6.07) is 8.96. The molecule has 0 radical (unpaired) electrons. The molecule has 2 aromatic carbocycles. The van der Waals surface area contributed by atoms with Crippen molar-refractivity contribution in [3.63, 3.8) is 0 Å². The predicted molar refractivity (Wildman–Crippen MR) is 119 cm³/mol. The molecule has 0 bridgehead atoms. The van der Waals surface area contributed by atoms with E-state index in [2.05, 4.69) is 12.2 Å². The molecule has 0 saturated heterocycles. The number of aliphatic carboxylic acids is 1. The van der Waals surface area contributed by atoms with Crippen molar-refractivity contribution in [3.05, 3.63) is 58.4 Å². The van der Waals surface area contributed by atoms with Gasteiger partial charge in [-0.25, -0.2) is 9.18 Å². The Labute approximate surface area is 191 Å². The molecular formula is C24H27ClFNO5. The van der Waals surface area contributed by atoms with E-state index in [1.807, 2.05) is 0 Å². The van der Waals surface area contributed by atoms with E-state index in [-0.39, 0.29) is 24.4 Å². The Hall–Kier alpha value is -2.80. The fourth-order valence-electron chi connectivity index (χ4n) is 3.87. The Balaban J connectivity index is 1.72. The van der Waals surface area contributed by atoms with Gasteiger partial charge in [-0.2, -0.15) is 0 Å². The van der Waals surface area contributed by atoms with E-state index in [4.69, 9.17) is 21.1 Å². The molecule has 3 rings (SSSR count). The average molecular weight is 464 g/mol. The molecule has 2 N–H and O–H groups in total. The monoisotopic (exact) mass is 463 g/mol. The number of methoxy groups -OCH3 is 1. The normalized spacial score (nSPS) is 20.4. The molecule has 6 nitrogen and oxygen atoms in total. The average Bonchev–Trinajstić information content (AvgIpc) is 2.77. The number of amides is 1. The van der Waals surface area contributed by atoms with Crippen molar-refractivity contribution < 1.29 is 28.6 Å². The van der Waals surface area contributed by atoms with Gasteiger partial charge in [0.2, 0.25) is 0 Å². The van der Waals surface area contributed by atoms with Crippen molar-refractivity contribution in [3.8, 4) is 11.5 Å². The lowest BCUT2D eigenvalue weighted by molar-refractivity contribution is -0.146. The van der Waals surface area contributed by atoms with Gasteiger partial charge in [-0.05, 0) is 73.6 Å². The number of nitrogens with one attached hydrogen (secondary N) is 1. The van der Waals surface area contributed by atoms with Crippen molar-refractivity contribution >= 4 is 23.5 Å². The molecule has 1 aliphatic carbocycles. The molecule has 0 atom stereocenters. The van der Waals surface area contributed by atoms with Crippen molar-refractivity contribution in [2.75, 3.05) is 13.7 Å². The van der Waals surface area contributed by atoms with E-state index in [1.54, 1.807) is 12.1 Å². The summed E-state index contributed by atoms with van der Waals surface area (Å²) in [7, 11) is 1.47. The van der Waals surface area contributed by atoms with Gasteiger partial charge in [-0.3, -0.25) is 4.79 Å². The van der Waals surface area contributed by atoms with E-state index in [0.717, 1.165) is 12.8 Å². The van der Waals surface area contributed by atoms with Crippen LogP contribution in [0.25, 0.3) is 0 Å². The van der Waals surface area contributed by atoms with E-state index in [9.17, 15) is 19.1 Å². The SMILES string of the molecule is COc1ccc(C(=O)N[C@]2(C(=O)O)CC[C@H](C)CC2)cc1OCCc1cc(Cl)ccc1F. The number of carbonyl (C=O) groups excluding carboxylic acids is 1. The highest BCUT2D eigenvalue weighted by Gasteiger charge is 2.42. The first kappa shape index (κ1) is 23.9. The van der Waals surface area contributed by atoms with Crippen LogP contribution >= 0.6 is 11.6 Å². The van der Waals surface area contributed by atoms with Gasteiger partial charge in [-0.1, -0.05) is 18.5 Å². The van der Waals surface area contributed by atoms with Crippen molar-refractivity contribution in [2.24, 2.45) is 5.92 Å². The number of hydrogen-bond acceptors (Lipinski definition) is 4. The van der Waals surface area contributed by atoms with Gasteiger partial charge in [0.1, 0.15) is 11.4 Å².